The summed E-state index contributed by atoms with van der Waals surface area (Å²) in [5.74, 6) is -0.991. The summed E-state index contributed by atoms with van der Waals surface area (Å²) in [4.78, 5) is 45.7. The van der Waals surface area contributed by atoms with Crippen molar-refractivity contribution in [2.45, 2.75) is 58.7 Å². The molecule has 0 spiro atoms. The van der Waals surface area contributed by atoms with Crippen molar-refractivity contribution in [1.82, 2.24) is 4.98 Å². The van der Waals surface area contributed by atoms with Crippen LogP contribution in [0.5, 0.6) is 23.0 Å². The average molecular weight is 806 g/mol. The molecule has 6 aromatic carbocycles. The van der Waals surface area contributed by atoms with Crippen molar-refractivity contribution in [3.63, 3.8) is 0 Å². The summed E-state index contributed by atoms with van der Waals surface area (Å²) in [5, 5.41) is 5.79. The van der Waals surface area contributed by atoms with Gasteiger partial charge in [-0.25, -0.2) is 0 Å². The fourth-order valence-corrected chi connectivity index (χ4v) is 7.15. The van der Waals surface area contributed by atoms with Gasteiger partial charge in [0, 0.05) is 17.3 Å². The number of carbonyl (C=O) groups excluding carboxylic acids is 3. The lowest BCUT2D eigenvalue weighted by Crippen LogP contribution is -2.20. The van der Waals surface area contributed by atoms with Crippen LogP contribution in [0.4, 0.5) is 0 Å². The Morgan fingerprint density at radius 1 is 0.500 bits per heavy atom. The molecule has 10 nitrogen and oxygen atoms in total. The Bertz CT molecular complexity index is 2740. The van der Waals surface area contributed by atoms with Crippen LogP contribution in [0.1, 0.15) is 72.0 Å². The van der Waals surface area contributed by atoms with Crippen molar-refractivity contribution in [3.8, 4) is 23.0 Å². The predicted molar refractivity (Wildman–Crippen MR) is 231 cm³/mol. The minimum absolute atomic E-state index is 0.143. The fraction of sp³-hybridized carbons (Fsp3) is 0.240. The molecule has 60 heavy (non-hydrogen) atoms. The van der Waals surface area contributed by atoms with Crippen molar-refractivity contribution in [2.75, 3.05) is 21.3 Å². The zero-order valence-electron chi connectivity index (χ0n) is 34.7. The van der Waals surface area contributed by atoms with Crippen LogP contribution in [0.2, 0.25) is 0 Å². The molecule has 306 valence electrons. The third-order valence-electron chi connectivity index (χ3n) is 11.1. The van der Waals surface area contributed by atoms with E-state index in [2.05, 4.69) is 4.98 Å². The standard InChI is InChI=1S/C50H47NO9/c1-29(33-8-11-39-23-43(55-5)17-14-36(39)20-33)48(52)58-27-42-26-51-32(4)47(60-50(54)31(3)35-10-13-41-25-45(57-7)19-16-38(41)22-35)46(42)28-59-49(53)30(2)34-9-12-40-24-44(56-6)18-15-37(40)21-34/h8-26,29-31H,27-28H2,1-7H3/t29-,30-,31-/m1/s1. The second kappa shape index (κ2) is 17.9. The van der Waals surface area contributed by atoms with Gasteiger partial charge in [-0.2, -0.15) is 0 Å². The molecule has 7 aromatic rings. The molecule has 0 saturated carbocycles. The minimum Gasteiger partial charge on any atom is -0.497 e. The van der Waals surface area contributed by atoms with Crippen LogP contribution in [0, 0.1) is 6.92 Å². The Labute approximate surface area is 349 Å². The third-order valence-corrected chi connectivity index (χ3v) is 11.1. The Balaban J connectivity index is 1.14. The largest absolute Gasteiger partial charge is 0.497 e. The Hall–Kier alpha value is -6.94. The van der Waals surface area contributed by atoms with Gasteiger partial charge in [0.25, 0.3) is 0 Å². The number of nitrogens with zero attached hydrogens (tertiary/aromatic N) is 1. The number of esters is 3. The highest BCUT2D eigenvalue weighted by Gasteiger charge is 2.26. The molecule has 0 unspecified atom stereocenters. The van der Waals surface area contributed by atoms with E-state index in [0.29, 0.717) is 16.8 Å². The van der Waals surface area contributed by atoms with Crippen molar-refractivity contribution in [1.29, 1.82) is 0 Å². The third kappa shape index (κ3) is 8.88. The zero-order valence-corrected chi connectivity index (χ0v) is 34.7. The summed E-state index contributed by atoms with van der Waals surface area (Å²) < 4.78 is 34.1. The number of ether oxygens (including phenoxy) is 6. The smallest absolute Gasteiger partial charge is 0.318 e. The van der Waals surface area contributed by atoms with Crippen LogP contribution in [0.25, 0.3) is 32.3 Å². The number of fused-ring (bicyclic) bond motifs is 3. The van der Waals surface area contributed by atoms with Crippen LogP contribution >= 0.6 is 0 Å². The zero-order chi connectivity index (χ0) is 42.5. The second-order valence-electron chi connectivity index (χ2n) is 14.9. The molecule has 0 aliphatic rings. The maximum Gasteiger partial charge on any atom is 0.318 e. The SMILES string of the molecule is COc1ccc2cc([C@@H](C)C(=O)OCc3cnc(C)c(OC(=O)[C@H](C)c4ccc5cc(OC)ccc5c4)c3COC(=O)[C@H](C)c3ccc4cc(OC)ccc4c3)ccc2c1. The normalized spacial score (nSPS) is 12.7. The van der Waals surface area contributed by atoms with E-state index in [4.69, 9.17) is 28.4 Å². The number of benzene rings is 6. The van der Waals surface area contributed by atoms with Crippen LogP contribution < -0.4 is 18.9 Å². The summed E-state index contributed by atoms with van der Waals surface area (Å²) >= 11 is 0. The first-order valence-corrected chi connectivity index (χ1v) is 19.7. The summed E-state index contributed by atoms with van der Waals surface area (Å²) in [6.45, 7) is 6.58. The number of hydrogen-bond donors (Lipinski definition) is 0. The van der Waals surface area contributed by atoms with Gasteiger partial charge >= 0.3 is 17.9 Å². The molecule has 0 N–H and O–H groups in total. The van der Waals surface area contributed by atoms with E-state index in [-0.39, 0.29) is 19.0 Å². The second-order valence-corrected chi connectivity index (χ2v) is 14.9. The summed E-state index contributed by atoms with van der Waals surface area (Å²) in [6.07, 6.45) is 1.55. The van der Waals surface area contributed by atoms with Gasteiger partial charge in [-0.1, -0.05) is 72.8 Å². The molecule has 0 aliphatic carbocycles. The monoisotopic (exact) mass is 805 g/mol. The van der Waals surface area contributed by atoms with Crippen LogP contribution in [0.3, 0.4) is 0 Å². The predicted octanol–water partition coefficient (Wildman–Crippen LogP) is 10.3. The van der Waals surface area contributed by atoms with Gasteiger partial charge in [0.05, 0.1) is 44.8 Å². The molecule has 0 aliphatic heterocycles. The van der Waals surface area contributed by atoms with Crippen molar-refractivity contribution < 1.29 is 42.8 Å². The number of methoxy groups -OCH3 is 3. The number of aromatic nitrogens is 1. The molecule has 1 aromatic heterocycles. The molecule has 0 saturated heterocycles. The number of rotatable bonds is 14. The maximum absolute atomic E-state index is 13.9. The van der Waals surface area contributed by atoms with E-state index < -0.39 is 35.7 Å². The van der Waals surface area contributed by atoms with Gasteiger partial charge in [-0.05, 0) is 113 Å². The molecule has 0 bridgehead atoms. The van der Waals surface area contributed by atoms with E-state index in [1.807, 2.05) is 109 Å². The van der Waals surface area contributed by atoms with Crippen molar-refractivity contribution in [3.05, 3.63) is 149 Å². The fourth-order valence-electron chi connectivity index (χ4n) is 7.15. The number of carbonyl (C=O) groups is 3. The van der Waals surface area contributed by atoms with Gasteiger partial charge in [0.15, 0.2) is 5.75 Å². The first-order valence-electron chi connectivity index (χ1n) is 19.7. The molecule has 0 amide bonds. The van der Waals surface area contributed by atoms with Gasteiger partial charge < -0.3 is 28.4 Å². The quantitative estimate of drug-likeness (QED) is 0.0983. The van der Waals surface area contributed by atoms with E-state index >= 15 is 0 Å². The van der Waals surface area contributed by atoms with Crippen molar-refractivity contribution in [2.24, 2.45) is 0 Å². The number of aryl methyl sites for hydroxylation is 1. The molecule has 3 atom stereocenters. The molecule has 7 rings (SSSR count). The molecule has 0 radical (unpaired) electrons. The topological polar surface area (TPSA) is 119 Å². The Kier molecular flexibility index (Phi) is 12.3. The van der Waals surface area contributed by atoms with Gasteiger partial charge in [-0.15, -0.1) is 0 Å². The first-order chi connectivity index (χ1) is 29.0. The Morgan fingerprint density at radius 3 is 1.28 bits per heavy atom. The molecular formula is C50H47NO9. The summed E-state index contributed by atoms with van der Waals surface area (Å²) in [7, 11) is 4.86. The minimum atomic E-state index is -0.662. The highest BCUT2D eigenvalue weighted by molar-refractivity contribution is 5.89. The molecule has 1 heterocycles. The highest BCUT2D eigenvalue weighted by Crippen LogP contribution is 2.33. The highest BCUT2D eigenvalue weighted by atomic mass is 16.6. The maximum atomic E-state index is 13.9. The lowest BCUT2D eigenvalue weighted by molar-refractivity contribution is -0.148. The van der Waals surface area contributed by atoms with Crippen LogP contribution in [-0.4, -0.2) is 44.2 Å². The van der Waals surface area contributed by atoms with E-state index in [1.165, 1.54) is 0 Å². The lowest BCUT2D eigenvalue weighted by atomic mass is 9.97. The molecular weight excluding hydrogens is 759 g/mol. The first kappa shape index (κ1) is 41.2. The van der Waals surface area contributed by atoms with E-state index in [0.717, 1.165) is 66.3 Å². The molecule has 10 heteroatoms. The number of pyridine rings is 1. The van der Waals surface area contributed by atoms with Gasteiger partial charge in [-0.3, -0.25) is 19.4 Å². The van der Waals surface area contributed by atoms with E-state index in [9.17, 15) is 14.4 Å². The van der Waals surface area contributed by atoms with E-state index in [1.54, 1.807) is 55.2 Å². The van der Waals surface area contributed by atoms with Gasteiger partial charge in [0.1, 0.15) is 30.5 Å². The summed E-state index contributed by atoms with van der Waals surface area (Å²) in [6, 6.07) is 34.6. The van der Waals surface area contributed by atoms with Gasteiger partial charge in [0.2, 0.25) is 0 Å². The van der Waals surface area contributed by atoms with Crippen LogP contribution in [-0.2, 0) is 37.1 Å². The van der Waals surface area contributed by atoms with Crippen LogP contribution in [0.15, 0.2) is 115 Å². The number of hydrogen-bond acceptors (Lipinski definition) is 10. The van der Waals surface area contributed by atoms with Crippen molar-refractivity contribution >= 4 is 50.2 Å². The Morgan fingerprint density at radius 2 is 0.867 bits per heavy atom. The lowest BCUT2D eigenvalue weighted by Gasteiger charge is -2.20. The average Bonchev–Trinajstić information content (AvgIpc) is 3.28. The molecule has 0 fully saturated rings. The summed E-state index contributed by atoms with van der Waals surface area (Å²) in [5.41, 5.74) is 3.52.